The van der Waals surface area contributed by atoms with E-state index < -0.39 is 5.60 Å². The van der Waals surface area contributed by atoms with Crippen molar-refractivity contribution in [1.82, 2.24) is 0 Å². The van der Waals surface area contributed by atoms with Gasteiger partial charge in [0, 0.05) is 23.8 Å². The number of rotatable bonds is 7. The molecule has 0 aromatic heterocycles. The van der Waals surface area contributed by atoms with Crippen LogP contribution in [0.1, 0.15) is 16.7 Å². The Labute approximate surface area is 160 Å². The molecule has 0 bridgehead atoms. The van der Waals surface area contributed by atoms with Crippen molar-refractivity contribution < 1.29 is 18.9 Å². The normalized spacial score (nSPS) is 11.1. The molecule has 0 unspecified atom stereocenters. The first-order valence-electron chi connectivity index (χ1n) is 8.68. The Morgan fingerprint density at radius 1 is 0.481 bits per heavy atom. The van der Waals surface area contributed by atoms with Gasteiger partial charge in [-0.15, -0.1) is 0 Å². The third kappa shape index (κ3) is 3.13. The number of hydrogen-bond acceptors (Lipinski definition) is 4. The average Bonchev–Trinajstić information content (AvgIpc) is 2.75. The zero-order valence-electron chi connectivity index (χ0n) is 16.1. The van der Waals surface area contributed by atoms with Gasteiger partial charge in [0.15, 0.2) is 5.60 Å². The SMILES string of the molecule is COc1ccccc1C(OC)(c1ccccc1OC)c1ccccc1OC. The van der Waals surface area contributed by atoms with Gasteiger partial charge in [-0.05, 0) is 18.2 Å². The van der Waals surface area contributed by atoms with Crippen LogP contribution in [0.25, 0.3) is 0 Å². The molecule has 0 saturated heterocycles. The van der Waals surface area contributed by atoms with Crippen molar-refractivity contribution in [2.45, 2.75) is 5.60 Å². The monoisotopic (exact) mass is 364 g/mol. The van der Waals surface area contributed by atoms with E-state index in [1.54, 1.807) is 28.4 Å². The Hall–Kier alpha value is -2.98. The van der Waals surface area contributed by atoms with E-state index in [1.165, 1.54) is 0 Å². The fourth-order valence-corrected chi connectivity index (χ4v) is 3.57. The molecule has 0 fully saturated rings. The Morgan fingerprint density at radius 3 is 1.04 bits per heavy atom. The van der Waals surface area contributed by atoms with Gasteiger partial charge in [0.25, 0.3) is 0 Å². The van der Waals surface area contributed by atoms with Gasteiger partial charge in [-0.1, -0.05) is 54.6 Å². The minimum Gasteiger partial charge on any atom is -0.496 e. The van der Waals surface area contributed by atoms with Crippen molar-refractivity contribution in [3.05, 3.63) is 89.5 Å². The third-order valence-corrected chi connectivity index (χ3v) is 4.76. The van der Waals surface area contributed by atoms with Crippen LogP contribution in [0.5, 0.6) is 17.2 Å². The summed E-state index contributed by atoms with van der Waals surface area (Å²) in [7, 11) is 6.66. The van der Waals surface area contributed by atoms with Crippen molar-refractivity contribution in [1.29, 1.82) is 0 Å². The fourth-order valence-electron chi connectivity index (χ4n) is 3.57. The highest BCUT2D eigenvalue weighted by Gasteiger charge is 2.43. The molecule has 3 aromatic carbocycles. The Balaban J connectivity index is 2.45. The lowest BCUT2D eigenvalue weighted by atomic mass is 9.78. The van der Waals surface area contributed by atoms with Gasteiger partial charge in [-0.3, -0.25) is 0 Å². The zero-order valence-corrected chi connectivity index (χ0v) is 16.1. The average molecular weight is 364 g/mol. The van der Waals surface area contributed by atoms with Gasteiger partial charge in [-0.2, -0.15) is 0 Å². The first kappa shape index (κ1) is 18.8. The van der Waals surface area contributed by atoms with Crippen LogP contribution in [0.15, 0.2) is 72.8 Å². The molecule has 140 valence electrons. The maximum absolute atomic E-state index is 6.28. The molecule has 4 nitrogen and oxygen atoms in total. The Morgan fingerprint density at radius 2 is 0.778 bits per heavy atom. The second kappa shape index (κ2) is 8.14. The molecule has 0 aliphatic rings. The summed E-state index contributed by atoms with van der Waals surface area (Å²) in [5.41, 5.74) is 1.61. The van der Waals surface area contributed by atoms with E-state index in [2.05, 4.69) is 0 Å². The first-order valence-corrected chi connectivity index (χ1v) is 8.68. The van der Waals surface area contributed by atoms with Crippen LogP contribution in [0.4, 0.5) is 0 Å². The van der Waals surface area contributed by atoms with E-state index in [4.69, 9.17) is 18.9 Å². The summed E-state index contributed by atoms with van der Waals surface area (Å²) >= 11 is 0. The smallest absolute Gasteiger partial charge is 0.154 e. The summed E-state index contributed by atoms with van der Waals surface area (Å²) in [4.78, 5) is 0. The lowest BCUT2D eigenvalue weighted by Gasteiger charge is -2.36. The van der Waals surface area contributed by atoms with Gasteiger partial charge >= 0.3 is 0 Å². The maximum atomic E-state index is 6.28. The van der Waals surface area contributed by atoms with Gasteiger partial charge in [0.1, 0.15) is 17.2 Å². The van der Waals surface area contributed by atoms with Crippen molar-refractivity contribution in [3.63, 3.8) is 0 Å². The van der Waals surface area contributed by atoms with E-state index >= 15 is 0 Å². The topological polar surface area (TPSA) is 36.9 Å². The van der Waals surface area contributed by atoms with Crippen LogP contribution < -0.4 is 14.2 Å². The first-order chi connectivity index (χ1) is 13.2. The van der Waals surface area contributed by atoms with Crippen molar-refractivity contribution in [3.8, 4) is 17.2 Å². The molecular formula is C23H24O4. The molecule has 27 heavy (non-hydrogen) atoms. The molecule has 0 amide bonds. The van der Waals surface area contributed by atoms with Crippen LogP contribution in [0.2, 0.25) is 0 Å². The van der Waals surface area contributed by atoms with Gasteiger partial charge in [-0.25, -0.2) is 0 Å². The van der Waals surface area contributed by atoms with E-state index in [1.807, 2.05) is 72.8 Å². The van der Waals surface area contributed by atoms with Crippen molar-refractivity contribution in [2.75, 3.05) is 28.4 Å². The Bertz CT molecular complexity index is 788. The number of methoxy groups -OCH3 is 4. The zero-order chi connectivity index (χ0) is 19.3. The molecule has 3 rings (SSSR count). The van der Waals surface area contributed by atoms with Crippen molar-refractivity contribution >= 4 is 0 Å². The summed E-state index contributed by atoms with van der Waals surface area (Å²) < 4.78 is 23.3. The summed E-state index contributed by atoms with van der Waals surface area (Å²) in [6, 6.07) is 23.5. The largest absolute Gasteiger partial charge is 0.496 e. The quantitative estimate of drug-likeness (QED) is 0.572. The number of benzene rings is 3. The van der Waals surface area contributed by atoms with Gasteiger partial charge in [0.2, 0.25) is 0 Å². The van der Waals surface area contributed by atoms with E-state index in [0.717, 1.165) is 33.9 Å². The predicted octanol–water partition coefficient (Wildman–Crippen LogP) is 4.65. The second-order valence-electron chi connectivity index (χ2n) is 5.99. The van der Waals surface area contributed by atoms with Crippen LogP contribution in [0.3, 0.4) is 0 Å². The Kier molecular flexibility index (Phi) is 5.67. The van der Waals surface area contributed by atoms with Crippen molar-refractivity contribution in [2.24, 2.45) is 0 Å². The highest BCUT2D eigenvalue weighted by molar-refractivity contribution is 5.59. The summed E-state index contributed by atoms with van der Waals surface area (Å²) in [5, 5.41) is 0. The van der Waals surface area contributed by atoms with Crippen LogP contribution in [-0.4, -0.2) is 28.4 Å². The summed E-state index contributed by atoms with van der Waals surface area (Å²) in [5.74, 6) is 2.16. The molecule has 0 atom stereocenters. The number of ether oxygens (including phenoxy) is 4. The van der Waals surface area contributed by atoms with Crippen LogP contribution in [0, 0.1) is 0 Å². The van der Waals surface area contributed by atoms with E-state index in [-0.39, 0.29) is 0 Å². The molecule has 0 radical (unpaired) electrons. The lowest BCUT2D eigenvalue weighted by Crippen LogP contribution is -2.33. The van der Waals surface area contributed by atoms with E-state index in [9.17, 15) is 0 Å². The minimum atomic E-state index is -0.980. The fraction of sp³-hybridized carbons (Fsp3) is 0.217. The second-order valence-corrected chi connectivity index (χ2v) is 5.99. The molecule has 0 saturated carbocycles. The van der Waals surface area contributed by atoms with E-state index in [0.29, 0.717) is 0 Å². The molecule has 0 spiro atoms. The molecular weight excluding hydrogens is 340 g/mol. The molecule has 0 N–H and O–H groups in total. The number of para-hydroxylation sites is 3. The molecule has 0 aliphatic heterocycles. The third-order valence-electron chi connectivity index (χ3n) is 4.76. The number of hydrogen-bond donors (Lipinski definition) is 0. The minimum absolute atomic E-state index is 0.719. The molecule has 3 aromatic rings. The highest BCUT2D eigenvalue weighted by atomic mass is 16.5. The summed E-state index contributed by atoms with van der Waals surface area (Å²) in [6.07, 6.45) is 0. The van der Waals surface area contributed by atoms with Gasteiger partial charge < -0.3 is 18.9 Å². The predicted molar refractivity (Wildman–Crippen MR) is 106 cm³/mol. The van der Waals surface area contributed by atoms with Crippen LogP contribution >= 0.6 is 0 Å². The highest BCUT2D eigenvalue weighted by Crippen LogP contribution is 2.49. The lowest BCUT2D eigenvalue weighted by molar-refractivity contribution is 0.0520. The standard InChI is InChI=1S/C23H24O4/c1-24-20-14-8-5-11-17(20)23(27-4,18-12-6-9-15-21(18)25-2)19-13-7-10-16-22(19)26-3/h5-16H,1-4H3. The maximum Gasteiger partial charge on any atom is 0.154 e. The molecule has 0 heterocycles. The molecule has 0 aliphatic carbocycles. The summed E-state index contributed by atoms with van der Waals surface area (Å²) in [6.45, 7) is 0. The van der Waals surface area contributed by atoms with Gasteiger partial charge in [0.05, 0.1) is 21.3 Å². The van der Waals surface area contributed by atoms with Crippen LogP contribution in [-0.2, 0) is 10.3 Å². The molecule has 4 heteroatoms.